The van der Waals surface area contributed by atoms with Crippen LogP contribution in [-0.4, -0.2) is 24.1 Å². The van der Waals surface area contributed by atoms with Gasteiger partial charge in [0.1, 0.15) is 24.4 Å². The highest BCUT2D eigenvalue weighted by Gasteiger charge is 2.35. The molecule has 0 radical (unpaired) electrons. The molecule has 1 aromatic heterocycles. The van der Waals surface area contributed by atoms with Gasteiger partial charge in [-0.05, 0) is 60.1 Å². The number of hydrogen-bond acceptors (Lipinski definition) is 6. The SMILES string of the molecule is CCOC(=O)CC(c1ccc(OCc2ccc(C3=CCCC3(C)C)c(OC(F)(F)F)c2)cc1)c1ccon1. The minimum absolute atomic E-state index is 0.0474. The number of benzene rings is 2. The Morgan fingerprint density at radius 2 is 1.89 bits per heavy atom. The van der Waals surface area contributed by atoms with Gasteiger partial charge in [0.2, 0.25) is 0 Å². The van der Waals surface area contributed by atoms with Crippen LogP contribution in [0.4, 0.5) is 13.2 Å². The zero-order valence-corrected chi connectivity index (χ0v) is 21.5. The van der Waals surface area contributed by atoms with Crippen LogP contribution in [0.25, 0.3) is 5.57 Å². The van der Waals surface area contributed by atoms with Crippen molar-refractivity contribution in [2.75, 3.05) is 6.61 Å². The number of carbonyl (C=O) groups excluding carboxylic acids is 1. The lowest BCUT2D eigenvalue weighted by molar-refractivity contribution is -0.274. The van der Waals surface area contributed by atoms with Crippen molar-refractivity contribution in [2.24, 2.45) is 5.41 Å². The summed E-state index contributed by atoms with van der Waals surface area (Å²) in [6, 6.07) is 13.6. The summed E-state index contributed by atoms with van der Waals surface area (Å²) in [7, 11) is 0. The Hall–Kier alpha value is -3.75. The fourth-order valence-corrected chi connectivity index (χ4v) is 4.70. The summed E-state index contributed by atoms with van der Waals surface area (Å²) in [6.07, 6.45) is 0.388. The molecule has 0 fully saturated rings. The first-order chi connectivity index (χ1) is 18.1. The van der Waals surface area contributed by atoms with Crippen LogP contribution in [0.5, 0.6) is 11.5 Å². The molecule has 1 heterocycles. The van der Waals surface area contributed by atoms with Crippen LogP contribution in [0.2, 0.25) is 0 Å². The predicted octanol–water partition coefficient (Wildman–Crippen LogP) is 7.44. The van der Waals surface area contributed by atoms with Gasteiger partial charge in [-0.2, -0.15) is 0 Å². The molecule has 0 N–H and O–H groups in total. The molecule has 2 aromatic carbocycles. The van der Waals surface area contributed by atoms with Gasteiger partial charge in [-0.25, -0.2) is 0 Å². The van der Waals surface area contributed by atoms with E-state index in [9.17, 15) is 18.0 Å². The van der Waals surface area contributed by atoms with E-state index in [0.29, 0.717) is 22.6 Å². The van der Waals surface area contributed by atoms with Gasteiger partial charge >= 0.3 is 12.3 Å². The molecule has 9 heteroatoms. The molecule has 0 amide bonds. The number of aromatic nitrogens is 1. The lowest BCUT2D eigenvalue weighted by atomic mass is 9.81. The predicted molar refractivity (Wildman–Crippen MR) is 134 cm³/mol. The Kier molecular flexibility index (Phi) is 8.14. The first kappa shape index (κ1) is 27.3. The number of esters is 1. The van der Waals surface area contributed by atoms with Crippen molar-refractivity contribution < 1.29 is 36.7 Å². The van der Waals surface area contributed by atoms with Crippen molar-refractivity contribution in [2.45, 2.75) is 58.9 Å². The smallest absolute Gasteiger partial charge is 0.489 e. The van der Waals surface area contributed by atoms with Crippen LogP contribution in [0.15, 0.2) is 65.4 Å². The maximum Gasteiger partial charge on any atom is 0.573 e. The van der Waals surface area contributed by atoms with E-state index in [2.05, 4.69) is 9.89 Å². The van der Waals surface area contributed by atoms with Crippen molar-refractivity contribution in [1.29, 1.82) is 0 Å². The molecule has 38 heavy (non-hydrogen) atoms. The summed E-state index contributed by atoms with van der Waals surface area (Å²) in [5.74, 6) is -0.418. The molecule has 3 aromatic rings. The van der Waals surface area contributed by atoms with Crippen LogP contribution in [0, 0.1) is 5.41 Å². The van der Waals surface area contributed by atoms with Crippen molar-refractivity contribution in [3.05, 3.63) is 83.3 Å². The van der Waals surface area contributed by atoms with E-state index in [1.54, 1.807) is 37.3 Å². The third-order valence-corrected chi connectivity index (χ3v) is 6.59. The summed E-state index contributed by atoms with van der Waals surface area (Å²) in [6.45, 7) is 6.11. The van der Waals surface area contributed by atoms with E-state index in [4.69, 9.17) is 14.0 Å². The van der Waals surface area contributed by atoms with Crippen molar-refractivity contribution in [3.63, 3.8) is 0 Å². The van der Waals surface area contributed by atoms with Gasteiger partial charge in [0.05, 0.1) is 18.7 Å². The molecule has 0 saturated carbocycles. The normalized spacial score (nSPS) is 15.6. The Labute approximate surface area is 219 Å². The van der Waals surface area contributed by atoms with E-state index < -0.39 is 6.36 Å². The number of alkyl halides is 3. The van der Waals surface area contributed by atoms with Crippen LogP contribution in [-0.2, 0) is 16.1 Å². The molecule has 4 rings (SSSR count). The first-order valence-corrected chi connectivity index (χ1v) is 12.4. The van der Waals surface area contributed by atoms with Crippen LogP contribution < -0.4 is 9.47 Å². The van der Waals surface area contributed by atoms with Gasteiger partial charge in [0.15, 0.2) is 0 Å². The molecular formula is C29H30F3NO5. The first-order valence-electron chi connectivity index (χ1n) is 12.4. The highest BCUT2D eigenvalue weighted by atomic mass is 19.4. The fourth-order valence-electron chi connectivity index (χ4n) is 4.70. The maximum atomic E-state index is 13.2. The summed E-state index contributed by atoms with van der Waals surface area (Å²) in [5, 5.41) is 3.97. The summed E-state index contributed by atoms with van der Waals surface area (Å²) in [5.41, 5.74) is 3.01. The lowest BCUT2D eigenvalue weighted by Crippen LogP contribution is -2.19. The summed E-state index contributed by atoms with van der Waals surface area (Å²) >= 11 is 0. The average Bonchev–Trinajstić information content (AvgIpc) is 3.50. The number of halogens is 3. The summed E-state index contributed by atoms with van der Waals surface area (Å²) < 4.78 is 59.9. The van der Waals surface area contributed by atoms with Gasteiger partial charge in [-0.15, -0.1) is 13.2 Å². The topological polar surface area (TPSA) is 70.8 Å². The second-order valence-corrected chi connectivity index (χ2v) is 9.76. The zero-order chi connectivity index (χ0) is 27.3. The van der Waals surface area contributed by atoms with Gasteiger partial charge in [0.25, 0.3) is 0 Å². The molecule has 1 unspecified atom stereocenters. The van der Waals surface area contributed by atoms with Crippen LogP contribution in [0.1, 0.15) is 68.3 Å². The quantitative estimate of drug-likeness (QED) is 0.254. The number of rotatable bonds is 10. The third-order valence-electron chi connectivity index (χ3n) is 6.59. The molecule has 1 atom stereocenters. The van der Waals surface area contributed by atoms with Gasteiger partial charge in [0, 0.05) is 17.5 Å². The monoisotopic (exact) mass is 529 g/mol. The van der Waals surface area contributed by atoms with Crippen LogP contribution >= 0.6 is 0 Å². The Morgan fingerprint density at radius 3 is 2.50 bits per heavy atom. The fraction of sp³-hybridized carbons (Fsp3) is 0.379. The Bertz CT molecular complexity index is 1260. The van der Waals surface area contributed by atoms with Crippen LogP contribution in [0.3, 0.4) is 0 Å². The lowest BCUT2D eigenvalue weighted by Gasteiger charge is -2.25. The average molecular weight is 530 g/mol. The molecule has 6 nitrogen and oxygen atoms in total. The van der Waals surface area contributed by atoms with Gasteiger partial charge < -0.3 is 18.7 Å². The number of allylic oxidation sites excluding steroid dienone is 2. The maximum absolute atomic E-state index is 13.2. The second kappa shape index (κ2) is 11.3. The van der Waals surface area contributed by atoms with Gasteiger partial charge in [-0.1, -0.05) is 49.3 Å². The molecule has 1 aliphatic rings. The number of carbonyl (C=O) groups is 1. The molecular weight excluding hydrogens is 499 g/mol. The Balaban J connectivity index is 1.49. The largest absolute Gasteiger partial charge is 0.573 e. The van der Waals surface area contributed by atoms with Crippen molar-refractivity contribution >= 4 is 11.5 Å². The minimum Gasteiger partial charge on any atom is -0.489 e. The molecule has 0 aliphatic heterocycles. The van der Waals surface area contributed by atoms with Crippen molar-refractivity contribution in [3.8, 4) is 11.5 Å². The van der Waals surface area contributed by atoms with Gasteiger partial charge in [-0.3, -0.25) is 4.79 Å². The second-order valence-electron chi connectivity index (χ2n) is 9.76. The molecule has 1 aliphatic carbocycles. The molecule has 202 valence electrons. The number of ether oxygens (including phenoxy) is 3. The number of hydrogen-bond donors (Lipinski definition) is 0. The molecule has 0 spiro atoms. The van der Waals surface area contributed by atoms with E-state index in [1.165, 1.54) is 12.3 Å². The zero-order valence-electron chi connectivity index (χ0n) is 21.5. The Morgan fingerprint density at radius 1 is 1.13 bits per heavy atom. The highest BCUT2D eigenvalue weighted by molar-refractivity contribution is 5.76. The number of nitrogens with zero attached hydrogens (tertiary/aromatic N) is 1. The van der Waals surface area contributed by atoms with Crippen molar-refractivity contribution in [1.82, 2.24) is 5.16 Å². The van der Waals surface area contributed by atoms with E-state index in [-0.39, 0.29) is 42.7 Å². The highest BCUT2D eigenvalue weighted by Crippen LogP contribution is 2.47. The summed E-state index contributed by atoms with van der Waals surface area (Å²) in [4.78, 5) is 12.1. The minimum atomic E-state index is -4.81. The molecule has 0 saturated heterocycles. The van der Waals surface area contributed by atoms with E-state index >= 15 is 0 Å². The van der Waals surface area contributed by atoms with E-state index in [1.807, 2.05) is 32.1 Å². The van der Waals surface area contributed by atoms with E-state index in [0.717, 1.165) is 24.0 Å². The standard InChI is InChI=1S/C29H30F3NO5/c1-4-35-27(34)17-23(25-13-15-37-33-25)20-8-10-21(11-9-20)36-18-19-7-12-22(24-6-5-14-28(24,2)3)26(16-19)38-29(30,31)32/h6-13,15-16,23H,4-5,14,17-18H2,1-3H3. The third kappa shape index (κ3) is 6.76. The molecule has 0 bridgehead atoms.